The summed E-state index contributed by atoms with van der Waals surface area (Å²) in [6.45, 7) is -0.485. The smallest absolute Gasteiger partial charge is 0.416 e. The first-order valence-electron chi connectivity index (χ1n) is 6.91. The summed E-state index contributed by atoms with van der Waals surface area (Å²) in [4.78, 5) is 24.9. The minimum Gasteiger partial charge on any atom is -0.468 e. The summed E-state index contributed by atoms with van der Waals surface area (Å²) in [7, 11) is 1.16. The van der Waals surface area contributed by atoms with Crippen LogP contribution in [-0.2, 0) is 21.1 Å². The van der Waals surface area contributed by atoms with Crippen LogP contribution in [0.2, 0.25) is 0 Å². The lowest BCUT2D eigenvalue weighted by atomic mass is 9.85. The van der Waals surface area contributed by atoms with E-state index >= 15 is 0 Å². The highest BCUT2D eigenvalue weighted by Crippen LogP contribution is 2.55. The monoisotopic (exact) mass is 331 g/mol. The van der Waals surface area contributed by atoms with Crippen LogP contribution < -0.4 is 0 Å². The molecule has 0 bridgehead atoms. The lowest BCUT2D eigenvalue weighted by Crippen LogP contribution is -2.47. The molecule has 1 heterocycles. The molecule has 2 unspecified atom stereocenters. The molecule has 1 aromatic carbocycles. The largest absolute Gasteiger partial charge is 0.468 e. The van der Waals surface area contributed by atoms with Crippen molar-refractivity contribution in [1.29, 1.82) is 0 Å². The van der Waals surface area contributed by atoms with Crippen LogP contribution in [0.3, 0.4) is 0 Å². The number of hydrogen-bond acceptors (Lipinski definition) is 3. The first kappa shape index (κ1) is 15.8. The van der Waals surface area contributed by atoms with E-state index in [4.69, 9.17) is 0 Å². The Morgan fingerprint density at radius 1 is 1.43 bits per heavy atom. The third-order valence-electron chi connectivity index (χ3n) is 4.40. The lowest BCUT2D eigenvalue weighted by molar-refractivity contribution is -0.141. The van der Waals surface area contributed by atoms with Gasteiger partial charge in [-0.3, -0.25) is 9.59 Å². The maximum absolute atomic E-state index is 13.9. The SMILES string of the molecule is COC(=O)CN1CC2(CC2F)c2cc(C(F)(F)F)ccc2C1=O. The van der Waals surface area contributed by atoms with Crippen molar-refractivity contribution in [1.82, 2.24) is 4.90 Å². The number of carbonyl (C=O) groups is 2. The number of amides is 1. The topological polar surface area (TPSA) is 46.6 Å². The molecule has 1 spiro atoms. The highest BCUT2D eigenvalue weighted by molar-refractivity contribution is 5.99. The van der Waals surface area contributed by atoms with Gasteiger partial charge in [0.15, 0.2) is 0 Å². The van der Waals surface area contributed by atoms with Crippen LogP contribution >= 0.6 is 0 Å². The van der Waals surface area contributed by atoms with E-state index in [9.17, 15) is 27.2 Å². The predicted molar refractivity (Wildman–Crippen MR) is 70.6 cm³/mol. The normalized spacial score (nSPS) is 26.2. The second kappa shape index (κ2) is 4.94. The number of fused-ring (bicyclic) bond motifs is 2. The molecule has 23 heavy (non-hydrogen) atoms. The number of nitrogens with zero attached hydrogens (tertiary/aromatic N) is 1. The minimum absolute atomic E-state index is 0.00769. The molecule has 1 aromatic rings. The van der Waals surface area contributed by atoms with Crippen LogP contribution in [0.5, 0.6) is 0 Å². The van der Waals surface area contributed by atoms with Crippen molar-refractivity contribution in [3.63, 3.8) is 0 Å². The molecule has 0 saturated heterocycles. The van der Waals surface area contributed by atoms with Crippen LogP contribution in [-0.4, -0.2) is 43.1 Å². The van der Waals surface area contributed by atoms with Crippen LogP contribution in [0.15, 0.2) is 18.2 Å². The molecule has 0 aromatic heterocycles. The first-order valence-corrected chi connectivity index (χ1v) is 6.91. The standard InChI is InChI=1S/C15H13F4NO3/c1-23-12(21)6-20-7-14(5-11(14)16)10-4-8(15(17,18)19)2-3-9(10)13(20)22/h2-4,11H,5-7H2,1H3. The Kier molecular flexibility index (Phi) is 3.38. The van der Waals surface area contributed by atoms with Crippen molar-refractivity contribution in [3.8, 4) is 0 Å². The predicted octanol–water partition coefficient (Wildman–Crippen LogP) is 2.31. The van der Waals surface area contributed by atoms with Gasteiger partial charge >= 0.3 is 12.1 Å². The van der Waals surface area contributed by atoms with Gasteiger partial charge in [0, 0.05) is 17.5 Å². The Morgan fingerprint density at radius 2 is 2.09 bits per heavy atom. The van der Waals surface area contributed by atoms with E-state index in [0.717, 1.165) is 30.2 Å². The average molecular weight is 331 g/mol. The van der Waals surface area contributed by atoms with E-state index < -0.39 is 35.2 Å². The Bertz CT molecular complexity index is 688. The molecule has 1 aliphatic carbocycles. The van der Waals surface area contributed by atoms with Gasteiger partial charge in [-0.05, 0) is 30.2 Å². The van der Waals surface area contributed by atoms with E-state index in [-0.39, 0.29) is 30.6 Å². The summed E-state index contributed by atoms with van der Waals surface area (Å²) in [5.74, 6) is -1.26. The highest BCUT2D eigenvalue weighted by atomic mass is 19.4. The average Bonchev–Trinajstić information content (AvgIpc) is 3.13. The van der Waals surface area contributed by atoms with E-state index in [1.165, 1.54) is 0 Å². The summed E-state index contributed by atoms with van der Waals surface area (Å²) in [6.07, 6.45) is -5.87. The fraction of sp³-hybridized carbons (Fsp3) is 0.467. The molecular weight excluding hydrogens is 318 g/mol. The molecule has 1 fully saturated rings. The van der Waals surface area contributed by atoms with Crippen LogP contribution in [0.1, 0.15) is 27.9 Å². The van der Waals surface area contributed by atoms with Gasteiger partial charge < -0.3 is 9.64 Å². The van der Waals surface area contributed by atoms with Crippen LogP contribution in [0.25, 0.3) is 0 Å². The van der Waals surface area contributed by atoms with Crippen molar-refractivity contribution in [2.45, 2.75) is 24.2 Å². The fourth-order valence-corrected chi connectivity index (χ4v) is 3.04. The van der Waals surface area contributed by atoms with Crippen LogP contribution in [0.4, 0.5) is 17.6 Å². The van der Waals surface area contributed by atoms with Gasteiger partial charge in [0.05, 0.1) is 12.7 Å². The number of hydrogen-bond donors (Lipinski definition) is 0. The first-order chi connectivity index (χ1) is 10.7. The van der Waals surface area contributed by atoms with Gasteiger partial charge in [0.25, 0.3) is 5.91 Å². The molecular formula is C15H13F4NO3. The molecule has 1 amide bonds. The second-order valence-electron chi connectivity index (χ2n) is 5.82. The zero-order chi connectivity index (χ0) is 17.0. The zero-order valence-electron chi connectivity index (χ0n) is 12.1. The molecule has 124 valence electrons. The maximum Gasteiger partial charge on any atom is 0.416 e. The number of methoxy groups -OCH3 is 1. The molecule has 2 atom stereocenters. The number of ether oxygens (including phenoxy) is 1. The van der Waals surface area contributed by atoms with Gasteiger partial charge in [-0.25, -0.2) is 4.39 Å². The quantitative estimate of drug-likeness (QED) is 0.617. The number of benzene rings is 1. The van der Waals surface area contributed by atoms with Crippen LogP contribution in [0, 0.1) is 0 Å². The van der Waals surface area contributed by atoms with Crippen molar-refractivity contribution in [3.05, 3.63) is 34.9 Å². The summed E-state index contributed by atoms with van der Waals surface area (Å²) in [5.41, 5.74) is -1.98. The molecule has 1 saturated carbocycles. The fourth-order valence-electron chi connectivity index (χ4n) is 3.04. The summed E-state index contributed by atoms with van der Waals surface area (Å²) < 4.78 is 57.0. The van der Waals surface area contributed by atoms with Gasteiger partial charge in [-0.1, -0.05) is 0 Å². The molecule has 0 N–H and O–H groups in total. The van der Waals surface area contributed by atoms with Gasteiger partial charge in [0.2, 0.25) is 0 Å². The molecule has 0 radical (unpaired) electrons. The third kappa shape index (κ3) is 2.46. The number of alkyl halides is 4. The summed E-state index contributed by atoms with van der Waals surface area (Å²) in [5, 5.41) is 0. The Labute approximate surface area is 129 Å². The van der Waals surface area contributed by atoms with E-state index in [1.54, 1.807) is 0 Å². The van der Waals surface area contributed by atoms with Crippen molar-refractivity contribution in [2.75, 3.05) is 20.2 Å². The van der Waals surface area contributed by atoms with Crippen molar-refractivity contribution in [2.24, 2.45) is 0 Å². The summed E-state index contributed by atoms with van der Waals surface area (Å²) in [6, 6.07) is 2.70. The number of carbonyl (C=O) groups excluding carboxylic acids is 2. The molecule has 4 nitrogen and oxygen atoms in total. The van der Waals surface area contributed by atoms with Gasteiger partial charge in [-0.15, -0.1) is 0 Å². The number of rotatable bonds is 2. The third-order valence-corrected chi connectivity index (χ3v) is 4.40. The molecule has 1 aliphatic heterocycles. The molecule has 3 rings (SSSR count). The lowest BCUT2D eigenvalue weighted by Gasteiger charge is -2.34. The van der Waals surface area contributed by atoms with E-state index in [1.807, 2.05) is 0 Å². The second-order valence-corrected chi connectivity index (χ2v) is 5.82. The van der Waals surface area contributed by atoms with E-state index in [0.29, 0.717) is 0 Å². The zero-order valence-corrected chi connectivity index (χ0v) is 12.1. The van der Waals surface area contributed by atoms with Gasteiger partial charge in [0.1, 0.15) is 12.7 Å². The van der Waals surface area contributed by atoms with Crippen molar-refractivity contribution >= 4 is 11.9 Å². The Hall–Kier alpha value is -2.12. The molecule has 2 aliphatic rings. The highest BCUT2D eigenvalue weighted by Gasteiger charge is 2.61. The number of halogens is 4. The van der Waals surface area contributed by atoms with E-state index in [2.05, 4.69) is 4.74 Å². The summed E-state index contributed by atoms with van der Waals surface area (Å²) >= 11 is 0. The Morgan fingerprint density at radius 3 is 2.61 bits per heavy atom. The minimum atomic E-state index is -4.57. The Balaban J connectivity index is 2.03. The molecule has 8 heteroatoms. The number of esters is 1. The maximum atomic E-state index is 13.9. The van der Waals surface area contributed by atoms with Gasteiger partial charge in [-0.2, -0.15) is 13.2 Å². The van der Waals surface area contributed by atoms with Crippen molar-refractivity contribution < 1.29 is 31.9 Å².